The summed E-state index contributed by atoms with van der Waals surface area (Å²) in [5, 5.41) is 23.2. The molecule has 1 amide bonds. The van der Waals surface area contributed by atoms with Crippen molar-refractivity contribution in [1.82, 2.24) is 5.32 Å². The van der Waals surface area contributed by atoms with Crippen LogP contribution in [-0.2, 0) is 14.3 Å². The van der Waals surface area contributed by atoms with Crippen LogP contribution in [0.3, 0.4) is 0 Å². The Morgan fingerprint density at radius 1 is 0.365 bits per heavy atom. The first-order valence-electron chi connectivity index (χ1n) is 33.6. The van der Waals surface area contributed by atoms with Crippen molar-refractivity contribution < 1.29 is 24.5 Å². The number of amides is 1. The molecule has 6 nitrogen and oxygen atoms in total. The van der Waals surface area contributed by atoms with Crippen molar-refractivity contribution in [3.63, 3.8) is 0 Å². The van der Waals surface area contributed by atoms with E-state index in [2.05, 4.69) is 31.3 Å². The second kappa shape index (κ2) is 63.9. The molecule has 0 fully saturated rings. The highest BCUT2D eigenvalue weighted by atomic mass is 16.5. The summed E-state index contributed by atoms with van der Waals surface area (Å²) in [6.45, 7) is 4.93. The molecule has 0 aliphatic carbocycles. The lowest BCUT2D eigenvalue weighted by Crippen LogP contribution is -2.45. The van der Waals surface area contributed by atoms with Crippen molar-refractivity contribution in [1.29, 1.82) is 0 Å². The molecule has 0 saturated heterocycles. The van der Waals surface area contributed by atoms with Gasteiger partial charge in [0.25, 0.3) is 0 Å². The van der Waals surface area contributed by atoms with E-state index < -0.39 is 12.1 Å². The molecular weight excluding hydrogens is 911 g/mol. The molecule has 0 heterocycles. The van der Waals surface area contributed by atoms with E-state index in [0.717, 1.165) is 44.9 Å². The zero-order valence-corrected chi connectivity index (χ0v) is 50.1. The number of esters is 1. The maximum Gasteiger partial charge on any atom is 0.305 e. The summed E-state index contributed by atoms with van der Waals surface area (Å²) in [6.07, 6.45) is 79.4. The van der Waals surface area contributed by atoms with Gasteiger partial charge in [-0.15, -0.1) is 0 Å². The third-order valence-corrected chi connectivity index (χ3v) is 15.7. The fraction of sp³-hybridized carbons (Fsp3) is 0.912. The van der Waals surface area contributed by atoms with Crippen LogP contribution in [0.1, 0.15) is 373 Å². The molecule has 0 spiro atoms. The van der Waals surface area contributed by atoms with Gasteiger partial charge in [0, 0.05) is 12.8 Å². The summed E-state index contributed by atoms with van der Waals surface area (Å²) in [5.41, 5.74) is 0. The van der Waals surface area contributed by atoms with Gasteiger partial charge in [-0.05, 0) is 57.8 Å². The molecule has 0 aromatic carbocycles. The molecule has 2 atom stereocenters. The van der Waals surface area contributed by atoms with Crippen molar-refractivity contribution in [3.8, 4) is 0 Å². The van der Waals surface area contributed by atoms with Gasteiger partial charge in [-0.2, -0.15) is 0 Å². The number of rotatable bonds is 63. The molecule has 0 radical (unpaired) electrons. The third-order valence-electron chi connectivity index (χ3n) is 15.7. The molecule has 0 bridgehead atoms. The Hall–Kier alpha value is -1.66. The van der Waals surface area contributed by atoms with Gasteiger partial charge in [-0.25, -0.2) is 0 Å². The van der Waals surface area contributed by atoms with Crippen LogP contribution in [0.25, 0.3) is 0 Å². The van der Waals surface area contributed by atoms with Gasteiger partial charge in [0.15, 0.2) is 0 Å². The van der Waals surface area contributed by atoms with Crippen LogP contribution in [-0.4, -0.2) is 47.4 Å². The largest absolute Gasteiger partial charge is 0.466 e. The third kappa shape index (κ3) is 59.6. The molecule has 438 valence electrons. The summed E-state index contributed by atoms with van der Waals surface area (Å²) in [5.74, 6) is -0.0654. The van der Waals surface area contributed by atoms with Crippen molar-refractivity contribution in [2.75, 3.05) is 13.2 Å². The van der Waals surface area contributed by atoms with Gasteiger partial charge in [0.05, 0.1) is 25.4 Å². The summed E-state index contributed by atoms with van der Waals surface area (Å²) in [4.78, 5) is 24.6. The standard InChI is InChI=1S/C68H131NO5/c1-3-5-7-9-11-13-15-17-19-21-22-23-24-26-29-32-36-40-44-48-52-56-60-66(71)65(64-70)69-67(72)61-57-53-49-45-41-37-33-30-27-25-28-31-35-39-43-47-51-55-59-63-74-68(73)62-58-54-50-46-42-38-34-20-18-16-14-12-10-8-6-4-2/h20,34,56,60,65-66,70-71H,3-19,21-33,35-55,57-59,61-64H2,1-2H3,(H,69,72)/b34-20-,60-56+. The van der Waals surface area contributed by atoms with Gasteiger partial charge < -0.3 is 20.3 Å². The van der Waals surface area contributed by atoms with Crippen LogP contribution in [0.4, 0.5) is 0 Å². The second-order valence-corrected chi connectivity index (χ2v) is 23.2. The lowest BCUT2D eigenvalue weighted by atomic mass is 10.0. The lowest BCUT2D eigenvalue weighted by molar-refractivity contribution is -0.143. The number of aliphatic hydroxyl groups excluding tert-OH is 2. The fourth-order valence-corrected chi connectivity index (χ4v) is 10.6. The molecule has 0 saturated carbocycles. The average Bonchev–Trinajstić information content (AvgIpc) is 3.40. The lowest BCUT2D eigenvalue weighted by Gasteiger charge is -2.20. The van der Waals surface area contributed by atoms with Gasteiger partial charge in [0.2, 0.25) is 5.91 Å². The normalized spacial score (nSPS) is 12.6. The Balaban J connectivity index is 3.43. The van der Waals surface area contributed by atoms with Gasteiger partial charge in [-0.3, -0.25) is 9.59 Å². The summed E-state index contributed by atoms with van der Waals surface area (Å²) < 4.78 is 5.49. The SMILES string of the molecule is CCCCCCCCC/C=C\CCCCCCCC(=O)OCCCCCCCCCCCCCCCCCCCCCC(=O)NC(CO)C(O)/C=C/CCCCCCCCCCCCCCCCCCCCCC. The number of hydrogen-bond acceptors (Lipinski definition) is 5. The molecule has 2 unspecified atom stereocenters. The Kier molecular flexibility index (Phi) is 62.4. The van der Waals surface area contributed by atoms with Gasteiger partial charge in [0.1, 0.15) is 0 Å². The summed E-state index contributed by atoms with van der Waals surface area (Å²) in [6, 6.07) is -0.631. The topological polar surface area (TPSA) is 95.9 Å². The van der Waals surface area contributed by atoms with Gasteiger partial charge >= 0.3 is 5.97 Å². The van der Waals surface area contributed by atoms with Crippen LogP contribution in [0, 0.1) is 0 Å². The zero-order valence-electron chi connectivity index (χ0n) is 50.1. The van der Waals surface area contributed by atoms with E-state index in [-0.39, 0.29) is 18.5 Å². The summed E-state index contributed by atoms with van der Waals surface area (Å²) >= 11 is 0. The minimum atomic E-state index is -0.848. The Labute approximate surface area is 462 Å². The summed E-state index contributed by atoms with van der Waals surface area (Å²) in [7, 11) is 0. The molecule has 3 N–H and O–H groups in total. The molecular formula is C68H131NO5. The van der Waals surface area contributed by atoms with E-state index in [4.69, 9.17) is 4.74 Å². The van der Waals surface area contributed by atoms with Crippen LogP contribution in [0.15, 0.2) is 24.3 Å². The van der Waals surface area contributed by atoms with Crippen molar-refractivity contribution >= 4 is 11.9 Å². The molecule has 0 aliphatic rings. The van der Waals surface area contributed by atoms with Crippen molar-refractivity contribution in [2.24, 2.45) is 0 Å². The minimum Gasteiger partial charge on any atom is -0.466 e. The first-order chi connectivity index (χ1) is 36.5. The number of ether oxygens (including phenoxy) is 1. The monoisotopic (exact) mass is 1040 g/mol. The maximum atomic E-state index is 12.5. The van der Waals surface area contributed by atoms with Crippen LogP contribution >= 0.6 is 0 Å². The number of hydrogen-bond donors (Lipinski definition) is 3. The van der Waals surface area contributed by atoms with E-state index in [1.165, 1.54) is 302 Å². The Morgan fingerprint density at radius 2 is 0.635 bits per heavy atom. The first-order valence-corrected chi connectivity index (χ1v) is 33.6. The molecule has 0 aliphatic heterocycles. The quantitative estimate of drug-likeness (QED) is 0.0320. The highest BCUT2D eigenvalue weighted by Crippen LogP contribution is 2.18. The zero-order chi connectivity index (χ0) is 53.6. The van der Waals surface area contributed by atoms with E-state index >= 15 is 0 Å². The number of carbonyl (C=O) groups excluding carboxylic acids is 2. The number of unbranched alkanes of at least 4 members (excludes halogenated alkanes) is 50. The smallest absolute Gasteiger partial charge is 0.305 e. The average molecular weight is 1040 g/mol. The van der Waals surface area contributed by atoms with E-state index in [1.807, 2.05) is 6.08 Å². The second-order valence-electron chi connectivity index (χ2n) is 23.2. The number of carbonyl (C=O) groups is 2. The highest BCUT2D eigenvalue weighted by Gasteiger charge is 2.18. The number of allylic oxidation sites excluding steroid dienone is 3. The molecule has 74 heavy (non-hydrogen) atoms. The van der Waals surface area contributed by atoms with E-state index in [0.29, 0.717) is 19.4 Å². The number of aliphatic hydroxyl groups is 2. The van der Waals surface area contributed by atoms with E-state index in [9.17, 15) is 19.8 Å². The fourth-order valence-electron chi connectivity index (χ4n) is 10.6. The predicted molar refractivity (Wildman–Crippen MR) is 324 cm³/mol. The molecule has 0 aromatic rings. The minimum absolute atomic E-state index is 0.00177. The Morgan fingerprint density at radius 3 is 0.959 bits per heavy atom. The van der Waals surface area contributed by atoms with Crippen LogP contribution in [0.5, 0.6) is 0 Å². The van der Waals surface area contributed by atoms with Crippen LogP contribution in [0.2, 0.25) is 0 Å². The highest BCUT2D eigenvalue weighted by molar-refractivity contribution is 5.76. The first kappa shape index (κ1) is 72.3. The van der Waals surface area contributed by atoms with E-state index in [1.54, 1.807) is 6.08 Å². The van der Waals surface area contributed by atoms with Gasteiger partial charge in [-0.1, -0.05) is 327 Å². The van der Waals surface area contributed by atoms with Crippen LogP contribution < -0.4 is 5.32 Å². The van der Waals surface area contributed by atoms with Crippen molar-refractivity contribution in [2.45, 2.75) is 386 Å². The molecule has 0 rings (SSSR count). The molecule has 0 aromatic heterocycles. The Bertz CT molecular complexity index is 1150. The number of nitrogens with one attached hydrogen (secondary N) is 1. The predicted octanol–water partition coefficient (Wildman–Crippen LogP) is 21.4. The maximum absolute atomic E-state index is 12.5. The van der Waals surface area contributed by atoms with Crippen molar-refractivity contribution in [3.05, 3.63) is 24.3 Å². The molecule has 6 heteroatoms.